The minimum absolute atomic E-state index is 0.0417. The molecular formula is C30H31ClN6O3S. The highest BCUT2D eigenvalue weighted by molar-refractivity contribution is 7.91. The maximum absolute atomic E-state index is 13.6. The lowest BCUT2D eigenvalue weighted by molar-refractivity contribution is -0.127. The zero-order valence-corrected chi connectivity index (χ0v) is 24.1. The second kappa shape index (κ2) is 9.85. The van der Waals surface area contributed by atoms with E-state index >= 15 is 0 Å². The summed E-state index contributed by atoms with van der Waals surface area (Å²) in [5.74, 6) is 1.76. The minimum Gasteiger partial charge on any atom is -0.369 e. The molecule has 9 nitrogen and oxygen atoms in total. The van der Waals surface area contributed by atoms with Crippen LogP contribution in [0.4, 0.5) is 5.69 Å². The third-order valence-electron chi connectivity index (χ3n) is 9.26. The number of halogens is 1. The van der Waals surface area contributed by atoms with Gasteiger partial charge in [0.2, 0.25) is 5.91 Å². The van der Waals surface area contributed by atoms with E-state index in [-0.39, 0.29) is 29.2 Å². The lowest BCUT2D eigenvalue weighted by atomic mass is 9.75. The second-order valence-electron chi connectivity index (χ2n) is 12.0. The number of carbonyl (C=O) groups excluding carboxylic acids is 1. The van der Waals surface area contributed by atoms with Gasteiger partial charge in [0, 0.05) is 48.6 Å². The van der Waals surface area contributed by atoms with Gasteiger partial charge in [0.05, 0.1) is 28.3 Å². The molecule has 0 radical (unpaired) electrons. The normalized spacial score (nSPS) is 27.4. The van der Waals surface area contributed by atoms with Crippen molar-refractivity contribution in [2.75, 3.05) is 29.5 Å². The van der Waals surface area contributed by atoms with E-state index in [1.807, 2.05) is 36.5 Å². The number of nitrogens with zero attached hydrogens (tertiary/aromatic N) is 5. The number of fused-ring (bicyclic) bond motifs is 1. The summed E-state index contributed by atoms with van der Waals surface area (Å²) in [4.78, 5) is 20.2. The van der Waals surface area contributed by atoms with Crippen molar-refractivity contribution in [2.24, 2.45) is 17.8 Å². The fourth-order valence-corrected chi connectivity index (χ4v) is 7.82. The van der Waals surface area contributed by atoms with E-state index in [9.17, 15) is 18.5 Å². The van der Waals surface area contributed by atoms with Crippen LogP contribution in [-0.4, -0.2) is 59.2 Å². The third-order valence-corrected chi connectivity index (χ3v) is 11.1. The first-order valence-electron chi connectivity index (χ1n) is 14.2. The Morgan fingerprint density at radius 2 is 1.78 bits per heavy atom. The number of anilines is 1. The molecule has 1 N–H and O–H groups in total. The molecule has 4 atom stereocenters. The van der Waals surface area contributed by atoms with Gasteiger partial charge in [-0.15, -0.1) is 0 Å². The fraction of sp³-hybridized carbons (Fsp3) is 0.467. The SMILES string of the molecule is N#CC1(NC(=O)[C@@H]2C[C@@H]3C[C@@H]3C[C@H]2c2nn(-c3ccc(Cl)cn3)cc2-c2ccc(N3CCS(=O)(=O)CC3)cc2)CC1. The fourth-order valence-electron chi connectivity index (χ4n) is 6.51. The Labute approximate surface area is 244 Å². The van der Waals surface area contributed by atoms with E-state index in [0.717, 1.165) is 41.8 Å². The topological polar surface area (TPSA) is 121 Å². The first-order valence-corrected chi connectivity index (χ1v) is 16.4. The Balaban J connectivity index is 1.24. The van der Waals surface area contributed by atoms with Crippen LogP contribution in [-0.2, 0) is 14.6 Å². The molecule has 3 saturated carbocycles. The van der Waals surface area contributed by atoms with Crippen LogP contribution in [0.25, 0.3) is 16.9 Å². The van der Waals surface area contributed by atoms with Crippen molar-refractivity contribution < 1.29 is 13.2 Å². The molecule has 0 bridgehead atoms. The summed E-state index contributed by atoms with van der Waals surface area (Å²) in [5.41, 5.74) is 3.06. The largest absolute Gasteiger partial charge is 0.369 e. The number of pyridine rings is 1. The Bertz CT molecular complexity index is 1630. The van der Waals surface area contributed by atoms with Gasteiger partial charge >= 0.3 is 0 Å². The van der Waals surface area contributed by atoms with Crippen molar-refractivity contribution in [1.29, 1.82) is 5.26 Å². The smallest absolute Gasteiger partial charge is 0.225 e. The molecule has 2 aromatic heterocycles. The van der Waals surface area contributed by atoms with E-state index < -0.39 is 15.4 Å². The number of amides is 1. The number of hydrogen-bond acceptors (Lipinski definition) is 7. The molecule has 0 unspecified atom stereocenters. The van der Waals surface area contributed by atoms with Crippen LogP contribution >= 0.6 is 11.6 Å². The van der Waals surface area contributed by atoms with E-state index in [2.05, 4.69) is 21.3 Å². The molecule has 41 heavy (non-hydrogen) atoms. The van der Waals surface area contributed by atoms with E-state index in [0.29, 0.717) is 48.6 Å². The van der Waals surface area contributed by atoms with Gasteiger partial charge < -0.3 is 10.2 Å². The maximum atomic E-state index is 13.6. The molecular weight excluding hydrogens is 560 g/mol. The van der Waals surface area contributed by atoms with Crippen molar-refractivity contribution in [2.45, 2.75) is 43.6 Å². The molecule has 1 saturated heterocycles. The predicted octanol–water partition coefficient (Wildman–Crippen LogP) is 4.12. The molecule has 4 aliphatic rings. The number of benzene rings is 1. The van der Waals surface area contributed by atoms with Crippen LogP contribution in [0, 0.1) is 29.1 Å². The monoisotopic (exact) mass is 590 g/mol. The van der Waals surface area contributed by atoms with Crippen LogP contribution in [0.2, 0.25) is 5.02 Å². The molecule has 212 valence electrons. The Hall–Kier alpha value is -3.42. The number of sulfone groups is 1. The van der Waals surface area contributed by atoms with Crippen molar-refractivity contribution >= 4 is 33.0 Å². The summed E-state index contributed by atoms with van der Waals surface area (Å²) in [6.07, 6.45) is 7.81. The standard InChI is InChI=1S/C30H31ClN6O3S/c31-22-3-6-27(33-16-22)37-17-26(19-1-4-23(5-2-19)36-9-11-41(39,40)12-10-36)28(35-37)24-14-20-13-21(20)15-25(24)29(38)34-30(18-32)7-8-30/h1-6,16-17,20-21,24-25H,7-15H2,(H,34,38)/t20-,21+,24-,25-/m1/s1. The summed E-state index contributed by atoms with van der Waals surface area (Å²) < 4.78 is 25.6. The maximum Gasteiger partial charge on any atom is 0.225 e. The third kappa shape index (κ3) is 5.22. The van der Waals surface area contributed by atoms with Crippen LogP contribution < -0.4 is 10.2 Å². The van der Waals surface area contributed by atoms with Crippen molar-refractivity contribution in [3.8, 4) is 23.0 Å². The summed E-state index contributed by atoms with van der Waals surface area (Å²) in [6, 6.07) is 14.0. The van der Waals surface area contributed by atoms with Crippen LogP contribution in [0.15, 0.2) is 48.8 Å². The molecule has 7 rings (SSSR count). The van der Waals surface area contributed by atoms with Crippen molar-refractivity contribution in [3.05, 3.63) is 59.5 Å². The highest BCUT2D eigenvalue weighted by Crippen LogP contribution is 2.57. The molecule has 0 spiro atoms. The van der Waals surface area contributed by atoms with Crippen molar-refractivity contribution in [3.63, 3.8) is 0 Å². The zero-order chi connectivity index (χ0) is 28.4. The van der Waals surface area contributed by atoms with Gasteiger partial charge in [0.25, 0.3) is 0 Å². The van der Waals surface area contributed by atoms with Gasteiger partial charge in [-0.05, 0) is 73.8 Å². The number of nitrogens with one attached hydrogen (secondary N) is 1. The minimum atomic E-state index is -2.96. The Morgan fingerprint density at radius 1 is 1.05 bits per heavy atom. The lowest BCUT2D eigenvalue weighted by Gasteiger charge is -2.31. The van der Waals surface area contributed by atoms with Gasteiger partial charge in [-0.2, -0.15) is 10.4 Å². The van der Waals surface area contributed by atoms with Gasteiger partial charge in [-0.25, -0.2) is 18.1 Å². The summed E-state index contributed by atoms with van der Waals surface area (Å²) in [7, 11) is -2.96. The molecule has 3 aliphatic carbocycles. The highest BCUT2D eigenvalue weighted by Gasteiger charge is 2.52. The molecule has 11 heteroatoms. The number of aromatic nitrogens is 3. The van der Waals surface area contributed by atoms with Crippen LogP contribution in [0.3, 0.4) is 0 Å². The molecule has 1 amide bonds. The van der Waals surface area contributed by atoms with Crippen molar-refractivity contribution in [1.82, 2.24) is 20.1 Å². The predicted molar refractivity (Wildman–Crippen MR) is 155 cm³/mol. The lowest BCUT2D eigenvalue weighted by Crippen LogP contribution is -2.43. The Kier molecular flexibility index (Phi) is 6.36. The van der Waals surface area contributed by atoms with Gasteiger partial charge in [0.15, 0.2) is 15.7 Å². The average Bonchev–Trinajstić information content (AvgIpc) is 3.88. The van der Waals surface area contributed by atoms with Crippen LogP contribution in [0.5, 0.6) is 0 Å². The molecule has 4 fully saturated rings. The summed E-state index contributed by atoms with van der Waals surface area (Å²) in [5, 5.41) is 18.3. The van der Waals surface area contributed by atoms with E-state index in [1.165, 1.54) is 0 Å². The van der Waals surface area contributed by atoms with Gasteiger partial charge in [-0.1, -0.05) is 23.7 Å². The molecule has 1 aromatic carbocycles. The molecule has 1 aliphatic heterocycles. The van der Waals surface area contributed by atoms with Gasteiger partial charge in [0.1, 0.15) is 5.54 Å². The molecule has 3 heterocycles. The summed E-state index contributed by atoms with van der Waals surface area (Å²) in [6.45, 7) is 0.970. The first kappa shape index (κ1) is 26.5. The first-order chi connectivity index (χ1) is 19.7. The molecule has 3 aromatic rings. The van der Waals surface area contributed by atoms with E-state index in [1.54, 1.807) is 16.9 Å². The zero-order valence-electron chi connectivity index (χ0n) is 22.5. The number of carbonyl (C=O) groups is 1. The number of rotatable bonds is 6. The van der Waals surface area contributed by atoms with Crippen LogP contribution in [0.1, 0.15) is 43.7 Å². The second-order valence-corrected chi connectivity index (χ2v) is 14.8. The highest BCUT2D eigenvalue weighted by atomic mass is 35.5. The van der Waals surface area contributed by atoms with Gasteiger partial charge in [-0.3, -0.25) is 4.79 Å². The number of nitriles is 1. The summed E-state index contributed by atoms with van der Waals surface area (Å²) >= 11 is 6.10. The quantitative estimate of drug-likeness (QED) is 0.458. The number of hydrogen-bond donors (Lipinski definition) is 1. The average molecular weight is 591 g/mol. The van der Waals surface area contributed by atoms with E-state index in [4.69, 9.17) is 16.7 Å². The Morgan fingerprint density at radius 3 is 2.44 bits per heavy atom.